The van der Waals surface area contributed by atoms with E-state index in [4.69, 9.17) is 9.47 Å². The molecule has 0 aliphatic carbocycles. The first-order chi connectivity index (χ1) is 9.76. The van der Waals surface area contributed by atoms with Gasteiger partial charge in [0, 0.05) is 12.0 Å². The van der Waals surface area contributed by atoms with Gasteiger partial charge in [-0.1, -0.05) is 12.1 Å². The van der Waals surface area contributed by atoms with Crippen LogP contribution in [0.3, 0.4) is 0 Å². The third kappa shape index (κ3) is 2.50. The van der Waals surface area contributed by atoms with E-state index in [2.05, 4.69) is 0 Å². The molecule has 20 heavy (non-hydrogen) atoms. The molecule has 4 heteroatoms. The zero-order chi connectivity index (χ0) is 13.9. The van der Waals surface area contributed by atoms with Crippen molar-refractivity contribution < 1.29 is 18.7 Å². The van der Waals surface area contributed by atoms with E-state index >= 15 is 0 Å². The molecule has 0 aromatic heterocycles. The molecule has 0 N–H and O–H groups in total. The highest BCUT2D eigenvalue weighted by Gasteiger charge is 2.24. The van der Waals surface area contributed by atoms with Crippen LogP contribution in [0.15, 0.2) is 42.5 Å². The number of hydrogen-bond acceptors (Lipinski definition) is 3. The summed E-state index contributed by atoms with van der Waals surface area (Å²) in [6.45, 7) is 0.321. The molecule has 0 spiro atoms. The topological polar surface area (TPSA) is 35.5 Å². The van der Waals surface area contributed by atoms with Crippen LogP contribution in [0.25, 0.3) is 0 Å². The summed E-state index contributed by atoms with van der Waals surface area (Å²) in [7, 11) is 0. The van der Waals surface area contributed by atoms with Crippen molar-refractivity contribution in [2.45, 2.75) is 12.5 Å². The number of para-hydroxylation sites is 1. The smallest absolute Gasteiger partial charge is 0.153 e. The molecule has 1 atom stereocenters. The second-order valence-electron chi connectivity index (χ2n) is 4.66. The fourth-order valence-corrected chi connectivity index (χ4v) is 2.27. The predicted octanol–water partition coefficient (Wildman–Crippen LogP) is 3.02. The lowest BCUT2D eigenvalue weighted by atomic mass is 10.1. The molecule has 0 radical (unpaired) electrons. The maximum absolute atomic E-state index is 13.1. The highest BCUT2D eigenvalue weighted by Crippen LogP contribution is 2.29. The predicted molar refractivity (Wildman–Crippen MR) is 71.8 cm³/mol. The van der Waals surface area contributed by atoms with Crippen molar-refractivity contribution in [1.29, 1.82) is 0 Å². The normalized spacial score (nSPS) is 16.4. The zero-order valence-electron chi connectivity index (χ0n) is 10.7. The summed E-state index contributed by atoms with van der Waals surface area (Å²) >= 11 is 0. The Morgan fingerprint density at radius 2 is 2.15 bits per heavy atom. The number of hydrogen-bond donors (Lipinski definition) is 0. The van der Waals surface area contributed by atoms with E-state index in [9.17, 15) is 9.18 Å². The molecule has 1 unspecified atom stereocenters. The van der Waals surface area contributed by atoms with Crippen LogP contribution in [0.1, 0.15) is 15.9 Å². The number of fused-ring (bicyclic) bond motifs is 1. The van der Waals surface area contributed by atoms with Gasteiger partial charge >= 0.3 is 0 Å². The number of benzene rings is 2. The number of carbonyl (C=O) groups is 1. The molecular formula is C16H13FO3. The first-order valence-electron chi connectivity index (χ1n) is 6.38. The standard InChI is InChI=1S/C16H13FO3/c17-13-5-6-16-12(7-13)8-14(20-16)10-19-15-4-2-1-3-11(15)9-18/h1-7,9,14H,8,10H2. The van der Waals surface area contributed by atoms with Crippen molar-refractivity contribution in [2.24, 2.45) is 0 Å². The number of halogens is 1. The monoisotopic (exact) mass is 272 g/mol. The Hall–Kier alpha value is -2.36. The first kappa shape index (κ1) is 12.7. The summed E-state index contributed by atoms with van der Waals surface area (Å²) in [5, 5.41) is 0. The number of carbonyl (C=O) groups excluding carboxylic acids is 1. The van der Waals surface area contributed by atoms with Gasteiger partial charge in [0.25, 0.3) is 0 Å². The molecule has 0 saturated carbocycles. The van der Waals surface area contributed by atoms with Crippen LogP contribution in [-0.4, -0.2) is 19.0 Å². The van der Waals surface area contributed by atoms with Gasteiger partial charge in [-0.25, -0.2) is 4.39 Å². The van der Waals surface area contributed by atoms with Gasteiger partial charge in [-0.2, -0.15) is 0 Å². The first-order valence-corrected chi connectivity index (χ1v) is 6.38. The Kier molecular flexibility index (Phi) is 3.37. The van der Waals surface area contributed by atoms with Gasteiger partial charge in [0.2, 0.25) is 0 Å². The van der Waals surface area contributed by atoms with E-state index in [1.807, 2.05) is 6.07 Å². The lowest BCUT2D eigenvalue weighted by Gasteiger charge is -2.13. The average molecular weight is 272 g/mol. The number of rotatable bonds is 4. The minimum atomic E-state index is -0.264. The lowest BCUT2D eigenvalue weighted by Crippen LogP contribution is -2.22. The van der Waals surface area contributed by atoms with E-state index in [0.717, 1.165) is 11.8 Å². The van der Waals surface area contributed by atoms with Crippen LogP contribution in [0.4, 0.5) is 4.39 Å². The Morgan fingerprint density at radius 3 is 3.00 bits per heavy atom. The van der Waals surface area contributed by atoms with Gasteiger partial charge in [-0.3, -0.25) is 4.79 Å². The van der Waals surface area contributed by atoms with Crippen molar-refractivity contribution in [3.63, 3.8) is 0 Å². The van der Waals surface area contributed by atoms with Crippen LogP contribution < -0.4 is 9.47 Å². The van der Waals surface area contributed by atoms with E-state index in [0.29, 0.717) is 30.1 Å². The molecule has 0 fully saturated rings. The molecule has 0 saturated heterocycles. The summed E-state index contributed by atoms with van der Waals surface area (Å²) in [6, 6.07) is 11.5. The molecule has 1 heterocycles. The second-order valence-corrected chi connectivity index (χ2v) is 4.66. The summed E-state index contributed by atoms with van der Waals surface area (Å²) in [5.41, 5.74) is 1.36. The van der Waals surface area contributed by atoms with Crippen molar-refractivity contribution in [3.05, 3.63) is 59.4 Å². The molecule has 1 aliphatic heterocycles. The summed E-state index contributed by atoms with van der Waals surface area (Å²) in [5.74, 6) is 0.970. The molecule has 102 valence electrons. The third-order valence-electron chi connectivity index (χ3n) is 3.23. The van der Waals surface area contributed by atoms with E-state index in [1.54, 1.807) is 24.3 Å². The van der Waals surface area contributed by atoms with Crippen molar-refractivity contribution >= 4 is 6.29 Å². The fraction of sp³-hybridized carbons (Fsp3) is 0.188. The van der Waals surface area contributed by atoms with Gasteiger partial charge in [0.1, 0.15) is 30.0 Å². The summed E-state index contributed by atoms with van der Waals surface area (Å²) in [4.78, 5) is 10.9. The second kappa shape index (κ2) is 5.33. The minimum absolute atomic E-state index is 0.161. The Morgan fingerprint density at radius 1 is 1.30 bits per heavy atom. The van der Waals surface area contributed by atoms with Gasteiger partial charge in [0.05, 0.1) is 5.56 Å². The molecule has 2 aromatic rings. The van der Waals surface area contributed by atoms with Crippen LogP contribution in [-0.2, 0) is 6.42 Å². The maximum atomic E-state index is 13.1. The Balaban J connectivity index is 1.65. The van der Waals surface area contributed by atoms with Crippen LogP contribution in [0, 0.1) is 5.82 Å². The number of aldehydes is 1. The highest BCUT2D eigenvalue weighted by atomic mass is 19.1. The third-order valence-corrected chi connectivity index (χ3v) is 3.23. The Labute approximate surface area is 115 Å². The van der Waals surface area contributed by atoms with Crippen molar-refractivity contribution in [2.75, 3.05) is 6.61 Å². The van der Waals surface area contributed by atoms with Gasteiger partial charge in [-0.15, -0.1) is 0 Å². The zero-order valence-corrected chi connectivity index (χ0v) is 10.7. The molecular weight excluding hydrogens is 259 g/mol. The van der Waals surface area contributed by atoms with Crippen LogP contribution in [0.2, 0.25) is 0 Å². The Bertz CT molecular complexity index is 639. The highest BCUT2D eigenvalue weighted by molar-refractivity contribution is 5.79. The summed E-state index contributed by atoms with van der Waals surface area (Å²) < 4.78 is 24.4. The molecule has 3 nitrogen and oxygen atoms in total. The molecule has 0 amide bonds. The van der Waals surface area contributed by atoms with Gasteiger partial charge in [-0.05, 0) is 30.3 Å². The average Bonchev–Trinajstić information content (AvgIpc) is 2.87. The molecule has 3 rings (SSSR count). The van der Waals surface area contributed by atoms with Crippen molar-refractivity contribution in [1.82, 2.24) is 0 Å². The quantitative estimate of drug-likeness (QED) is 0.803. The SMILES string of the molecule is O=Cc1ccccc1OCC1Cc2cc(F)ccc2O1. The van der Waals surface area contributed by atoms with E-state index in [1.165, 1.54) is 12.1 Å². The van der Waals surface area contributed by atoms with Crippen molar-refractivity contribution in [3.8, 4) is 11.5 Å². The largest absolute Gasteiger partial charge is 0.489 e. The fourth-order valence-electron chi connectivity index (χ4n) is 2.27. The molecule has 2 aromatic carbocycles. The van der Waals surface area contributed by atoms with Crippen LogP contribution >= 0.6 is 0 Å². The van der Waals surface area contributed by atoms with Gasteiger partial charge < -0.3 is 9.47 Å². The van der Waals surface area contributed by atoms with E-state index in [-0.39, 0.29) is 11.9 Å². The number of ether oxygens (including phenoxy) is 2. The maximum Gasteiger partial charge on any atom is 0.153 e. The van der Waals surface area contributed by atoms with Gasteiger partial charge in [0.15, 0.2) is 6.29 Å². The molecule has 1 aliphatic rings. The van der Waals surface area contributed by atoms with E-state index < -0.39 is 0 Å². The lowest BCUT2D eigenvalue weighted by molar-refractivity contribution is 0.111. The summed E-state index contributed by atoms with van der Waals surface area (Å²) in [6.07, 6.45) is 1.21. The minimum Gasteiger partial charge on any atom is -0.489 e. The molecule has 0 bridgehead atoms. The van der Waals surface area contributed by atoms with Crippen LogP contribution in [0.5, 0.6) is 11.5 Å².